The molecule has 0 saturated carbocycles. The van der Waals surface area contributed by atoms with Crippen molar-refractivity contribution >= 4 is 11.9 Å². The van der Waals surface area contributed by atoms with Crippen molar-refractivity contribution in [1.82, 2.24) is 0 Å². The zero-order valence-electron chi connectivity index (χ0n) is 8.61. The molecule has 4 heteroatoms. The maximum absolute atomic E-state index is 10.6. The summed E-state index contributed by atoms with van der Waals surface area (Å²) in [6.45, 7) is 3.91. The van der Waals surface area contributed by atoms with Crippen molar-refractivity contribution in [2.24, 2.45) is 0 Å². The van der Waals surface area contributed by atoms with E-state index in [9.17, 15) is 9.59 Å². The van der Waals surface area contributed by atoms with E-state index in [1.54, 1.807) is 6.07 Å². The number of carbonyl (C=O) groups excluding carboxylic acids is 1. The largest absolute Gasteiger partial charge is 0.473 e. The van der Waals surface area contributed by atoms with Gasteiger partial charge in [0.25, 0.3) is 0 Å². The van der Waals surface area contributed by atoms with Crippen LogP contribution in [-0.2, 0) is 20.9 Å². The number of aryl methyl sites for hydroxylation is 2. The number of benzene rings is 1. The van der Waals surface area contributed by atoms with E-state index in [1.807, 2.05) is 26.0 Å². The van der Waals surface area contributed by atoms with Gasteiger partial charge in [-0.05, 0) is 30.5 Å². The standard InChI is InChI=1S/C11H12O4/c1-7-3-4-9(5-8(7)2)6-15-11(14)10(12)13/h3-5H,6H2,1-2H3,(H,12,13). The summed E-state index contributed by atoms with van der Waals surface area (Å²) in [5.41, 5.74) is 3.01. The maximum Gasteiger partial charge on any atom is 0.417 e. The van der Waals surface area contributed by atoms with Crippen LogP contribution in [0.2, 0.25) is 0 Å². The summed E-state index contributed by atoms with van der Waals surface area (Å²) < 4.78 is 4.55. The van der Waals surface area contributed by atoms with Crippen LogP contribution in [0.1, 0.15) is 16.7 Å². The predicted molar refractivity (Wildman–Crippen MR) is 53.3 cm³/mol. The summed E-state index contributed by atoms with van der Waals surface area (Å²) in [6.07, 6.45) is 0. The zero-order chi connectivity index (χ0) is 11.4. The molecule has 1 aromatic rings. The highest BCUT2D eigenvalue weighted by Gasteiger charge is 2.12. The molecule has 15 heavy (non-hydrogen) atoms. The molecule has 1 aromatic carbocycles. The van der Waals surface area contributed by atoms with Crippen LogP contribution in [0.3, 0.4) is 0 Å². The van der Waals surface area contributed by atoms with Gasteiger partial charge in [-0.3, -0.25) is 0 Å². The predicted octanol–water partition coefficient (Wildman–Crippen LogP) is 1.43. The molecule has 0 radical (unpaired) electrons. The Balaban J connectivity index is 2.62. The molecule has 0 fully saturated rings. The Morgan fingerprint density at radius 3 is 2.47 bits per heavy atom. The molecular weight excluding hydrogens is 196 g/mol. The van der Waals surface area contributed by atoms with Crippen LogP contribution in [0.15, 0.2) is 18.2 Å². The lowest BCUT2D eigenvalue weighted by Gasteiger charge is -2.05. The van der Waals surface area contributed by atoms with E-state index in [0.29, 0.717) is 0 Å². The van der Waals surface area contributed by atoms with Gasteiger partial charge in [0.15, 0.2) is 0 Å². The quantitative estimate of drug-likeness (QED) is 0.590. The first-order chi connectivity index (χ1) is 7.00. The van der Waals surface area contributed by atoms with Crippen molar-refractivity contribution in [3.63, 3.8) is 0 Å². The molecule has 0 aromatic heterocycles. The van der Waals surface area contributed by atoms with Gasteiger partial charge in [0, 0.05) is 0 Å². The van der Waals surface area contributed by atoms with Gasteiger partial charge in [-0.15, -0.1) is 0 Å². The molecule has 0 heterocycles. The Morgan fingerprint density at radius 1 is 1.27 bits per heavy atom. The normalized spacial score (nSPS) is 9.73. The molecular formula is C11H12O4. The summed E-state index contributed by atoms with van der Waals surface area (Å²) in [5, 5.41) is 8.28. The Bertz CT molecular complexity index is 396. The first-order valence-corrected chi connectivity index (χ1v) is 4.47. The Kier molecular flexibility index (Phi) is 3.44. The van der Waals surface area contributed by atoms with Gasteiger partial charge in [-0.25, -0.2) is 9.59 Å². The monoisotopic (exact) mass is 208 g/mol. The summed E-state index contributed by atoms with van der Waals surface area (Å²) >= 11 is 0. The Labute approximate surface area is 87.5 Å². The molecule has 0 spiro atoms. The highest BCUT2D eigenvalue weighted by Crippen LogP contribution is 2.10. The average molecular weight is 208 g/mol. The second kappa shape index (κ2) is 4.59. The van der Waals surface area contributed by atoms with Gasteiger partial charge in [0.05, 0.1) is 0 Å². The van der Waals surface area contributed by atoms with E-state index in [4.69, 9.17) is 5.11 Å². The smallest absolute Gasteiger partial charge is 0.417 e. The number of rotatable bonds is 2. The van der Waals surface area contributed by atoms with Crippen molar-refractivity contribution in [1.29, 1.82) is 0 Å². The summed E-state index contributed by atoms with van der Waals surface area (Å²) in [4.78, 5) is 20.8. The lowest BCUT2D eigenvalue weighted by molar-refractivity contribution is -0.164. The lowest BCUT2D eigenvalue weighted by Crippen LogP contribution is -2.15. The number of carboxylic acid groups (broad SMARTS) is 1. The molecule has 0 saturated heterocycles. The van der Waals surface area contributed by atoms with Crippen LogP contribution >= 0.6 is 0 Å². The van der Waals surface area contributed by atoms with Crippen molar-refractivity contribution < 1.29 is 19.4 Å². The van der Waals surface area contributed by atoms with E-state index in [-0.39, 0.29) is 6.61 Å². The van der Waals surface area contributed by atoms with Gasteiger partial charge >= 0.3 is 11.9 Å². The molecule has 0 unspecified atom stereocenters. The topological polar surface area (TPSA) is 63.6 Å². The highest BCUT2D eigenvalue weighted by atomic mass is 16.6. The minimum atomic E-state index is -1.57. The minimum Gasteiger partial charge on any atom is -0.473 e. The number of carbonyl (C=O) groups is 2. The van der Waals surface area contributed by atoms with Crippen molar-refractivity contribution in [3.05, 3.63) is 34.9 Å². The molecule has 1 rings (SSSR count). The van der Waals surface area contributed by atoms with Gasteiger partial charge < -0.3 is 9.84 Å². The van der Waals surface area contributed by atoms with Crippen molar-refractivity contribution in [3.8, 4) is 0 Å². The lowest BCUT2D eigenvalue weighted by atomic mass is 10.1. The van der Waals surface area contributed by atoms with Gasteiger partial charge in [-0.1, -0.05) is 18.2 Å². The summed E-state index contributed by atoms with van der Waals surface area (Å²) in [6, 6.07) is 5.57. The van der Waals surface area contributed by atoms with E-state index in [0.717, 1.165) is 16.7 Å². The van der Waals surface area contributed by atoms with Gasteiger partial charge in [0.1, 0.15) is 6.61 Å². The Morgan fingerprint density at radius 2 is 1.93 bits per heavy atom. The molecule has 80 valence electrons. The fourth-order valence-electron chi connectivity index (χ4n) is 1.10. The number of ether oxygens (including phenoxy) is 1. The maximum atomic E-state index is 10.6. The average Bonchev–Trinajstić information content (AvgIpc) is 2.19. The van der Waals surface area contributed by atoms with Gasteiger partial charge in [0.2, 0.25) is 0 Å². The minimum absolute atomic E-state index is 0.00769. The van der Waals surface area contributed by atoms with Crippen molar-refractivity contribution in [2.45, 2.75) is 20.5 Å². The fourth-order valence-corrected chi connectivity index (χ4v) is 1.10. The number of aliphatic carboxylic acids is 1. The van der Waals surface area contributed by atoms with Crippen LogP contribution in [0.4, 0.5) is 0 Å². The molecule has 0 aliphatic rings. The molecule has 0 amide bonds. The Hall–Kier alpha value is -1.84. The third kappa shape index (κ3) is 3.09. The SMILES string of the molecule is Cc1ccc(COC(=O)C(=O)O)cc1C. The van der Waals surface area contributed by atoms with E-state index < -0.39 is 11.9 Å². The first-order valence-electron chi connectivity index (χ1n) is 4.47. The highest BCUT2D eigenvalue weighted by molar-refractivity contribution is 6.28. The summed E-state index contributed by atoms with van der Waals surface area (Å²) in [5.74, 6) is -2.80. The number of carboxylic acids is 1. The van der Waals surface area contributed by atoms with Gasteiger partial charge in [-0.2, -0.15) is 0 Å². The fraction of sp³-hybridized carbons (Fsp3) is 0.273. The second-order valence-electron chi connectivity index (χ2n) is 3.30. The molecule has 4 nitrogen and oxygen atoms in total. The molecule has 0 atom stereocenters. The third-order valence-corrected chi connectivity index (χ3v) is 2.12. The van der Waals surface area contributed by atoms with E-state index >= 15 is 0 Å². The van der Waals surface area contributed by atoms with Crippen LogP contribution in [0.25, 0.3) is 0 Å². The summed E-state index contributed by atoms with van der Waals surface area (Å²) in [7, 11) is 0. The van der Waals surface area contributed by atoms with Crippen molar-refractivity contribution in [2.75, 3.05) is 0 Å². The van der Waals surface area contributed by atoms with E-state index in [1.165, 1.54) is 0 Å². The number of hydrogen-bond acceptors (Lipinski definition) is 3. The van der Waals surface area contributed by atoms with Crippen LogP contribution in [-0.4, -0.2) is 17.0 Å². The molecule has 0 aliphatic carbocycles. The zero-order valence-corrected chi connectivity index (χ0v) is 8.61. The van der Waals surface area contributed by atoms with Crippen LogP contribution in [0, 0.1) is 13.8 Å². The third-order valence-electron chi connectivity index (χ3n) is 2.12. The second-order valence-corrected chi connectivity index (χ2v) is 3.30. The molecule has 0 aliphatic heterocycles. The molecule has 0 bridgehead atoms. The number of esters is 1. The van der Waals surface area contributed by atoms with Crippen LogP contribution < -0.4 is 0 Å². The first kappa shape index (κ1) is 11.2. The van der Waals surface area contributed by atoms with E-state index in [2.05, 4.69) is 4.74 Å². The molecule has 1 N–H and O–H groups in total. The number of hydrogen-bond donors (Lipinski definition) is 1. The van der Waals surface area contributed by atoms with Crippen LogP contribution in [0.5, 0.6) is 0 Å².